The smallest absolute Gasteiger partial charge is 0.333 e. The molecule has 3 rings (SSSR count). The predicted octanol–water partition coefficient (Wildman–Crippen LogP) is 3.79. The number of hydrogen-bond acceptors (Lipinski definition) is 4. The van der Waals surface area contributed by atoms with Crippen LogP contribution >= 0.6 is 0 Å². The molecule has 0 unspecified atom stereocenters. The quantitative estimate of drug-likeness (QED) is 0.621. The molecule has 0 radical (unpaired) electrons. The minimum Gasteiger partial charge on any atom is -0.429 e. The van der Waals surface area contributed by atoms with Gasteiger partial charge in [-0.3, -0.25) is 4.79 Å². The Hall–Kier alpha value is -1.42. The van der Waals surface area contributed by atoms with Crippen LogP contribution in [0.4, 0.5) is 0 Å². The van der Waals surface area contributed by atoms with E-state index in [2.05, 4.69) is 33.8 Å². The summed E-state index contributed by atoms with van der Waals surface area (Å²) in [5, 5.41) is 9.88. The van der Waals surface area contributed by atoms with Gasteiger partial charge in [0.25, 0.3) is 0 Å². The lowest BCUT2D eigenvalue weighted by molar-refractivity contribution is -0.151. The first kappa shape index (κ1) is 18.4. The molecule has 0 bridgehead atoms. The van der Waals surface area contributed by atoms with Crippen molar-refractivity contribution in [2.24, 2.45) is 28.6 Å². The van der Waals surface area contributed by atoms with Gasteiger partial charge >= 0.3 is 5.97 Å². The standard InChI is InChI=1S/C21H30O4/c1-13-5-7-21(4)14(2)9-15(12-22)10-17(21)20(13,3)8-6-16-11-18(23)25-19(16)24/h9,11-14,17,19,24H,5-8,10H2,1-4H3/t13-,14+,17-,19-,20+,21+/m1/s1. The Morgan fingerprint density at radius 3 is 2.68 bits per heavy atom. The van der Waals surface area contributed by atoms with E-state index in [9.17, 15) is 14.7 Å². The molecule has 0 saturated heterocycles. The molecule has 1 aliphatic heterocycles. The third-order valence-corrected chi connectivity index (χ3v) is 7.73. The van der Waals surface area contributed by atoms with Crippen LogP contribution < -0.4 is 0 Å². The van der Waals surface area contributed by atoms with E-state index >= 15 is 0 Å². The number of carbonyl (C=O) groups is 2. The van der Waals surface area contributed by atoms with Crippen LogP contribution in [0.1, 0.15) is 59.8 Å². The summed E-state index contributed by atoms with van der Waals surface area (Å²) in [7, 11) is 0. The molecule has 1 saturated carbocycles. The number of cyclic esters (lactones) is 1. The fourth-order valence-corrected chi connectivity index (χ4v) is 5.51. The summed E-state index contributed by atoms with van der Waals surface area (Å²) in [6.07, 6.45) is 8.28. The summed E-state index contributed by atoms with van der Waals surface area (Å²) < 4.78 is 4.82. The molecular formula is C21H30O4. The number of aldehydes is 1. The van der Waals surface area contributed by atoms with Crippen molar-refractivity contribution < 1.29 is 19.4 Å². The van der Waals surface area contributed by atoms with Crippen LogP contribution in [0, 0.1) is 28.6 Å². The van der Waals surface area contributed by atoms with E-state index < -0.39 is 12.3 Å². The van der Waals surface area contributed by atoms with Crippen molar-refractivity contribution in [3.8, 4) is 0 Å². The topological polar surface area (TPSA) is 63.6 Å². The van der Waals surface area contributed by atoms with Crippen molar-refractivity contribution >= 4 is 12.3 Å². The van der Waals surface area contributed by atoms with Gasteiger partial charge in [0.1, 0.15) is 6.29 Å². The molecule has 0 spiro atoms. The van der Waals surface area contributed by atoms with Gasteiger partial charge in [0, 0.05) is 11.6 Å². The van der Waals surface area contributed by atoms with E-state index in [-0.39, 0.29) is 10.8 Å². The molecule has 4 nitrogen and oxygen atoms in total. The van der Waals surface area contributed by atoms with E-state index in [1.165, 1.54) is 18.9 Å². The Kier molecular flexibility index (Phi) is 4.69. The van der Waals surface area contributed by atoms with Gasteiger partial charge in [0.05, 0.1) is 0 Å². The molecule has 3 aliphatic rings. The summed E-state index contributed by atoms with van der Waals surface area (Å²) in [4.78, 5) is 22.8. The molecule has 1 fully saturated rings. The first-order valence-corrected chi connectivity index (χ1v) is 9.45. The van der Waals surface area contributed by atoms with Gasteiger partial charge in [-0.05, 0) is 66.3 Å². The highest BCUT2D eigenvalue weighted by Crippen LogP contribution is 2.62. The van der Waals surface area contributed by atoms with Crippen molar-refractivity contribution in [1.82, 2.24) is 0 Å². The Morgan fingerprint density at radius 1 is 1.36 bits per heavy atom. The van der Waals surface area contributed by atoms with Gasteiger partial charge in [0.15, 0.2) is 0 Å². The number of aliphatic hydroxyl groups excluding tert-OH is 1. The Labute approximate surface area is 150 Å². The second-order valence-corrected chi connectivity index (χ2v) is 8.86. The maximum Gasteiger partial charge on any atom is 0.333 e. The number of fused-ring (bicyclic) bond motifs is 1. The fraction of sp³-hybridized carbons (Fsp3) is 0.714. The lowest BCUT2D eigenvalue weighted by Gasteiger charge is -2.59. The fourth-order valence-electron chi connectivity index (χ4n) is 5.51. The minimum absolute atomic E-state index is 0.0655. The SMILES string of the molecule is C[C@@H]1CC[C@]2(C)[C@H](CC(C=O)=C[C@@H]2C)[C@@]1(C)CCC1=CC(=O)O[C@H]1O. The van der Waals surface area contributed by atoms with E-state index in [1.54, 1.807) is 0 Å². The summed E-state index contributed by atoms with van der Waals surface area (Å²) in [6, 6.07) is 0. The lowest BCUT2D eigenvalue weighted by Crippen LogP contribution is -2.52. The summed E-state index contributed by atoms with van der Waals surface area (Å²) in [5.41, 5.74) is 1.87. The van der Waals surface area contributed by atoms with Gasteiger partial charge in [-0.25, -0.2) is 4.79 Å². The van der Waals surface area contributed by atoms with Gasteiger partial charge in [-0.1, -0.05) is 33.8 Å². The number of esters is 1. The lowest BCUT2D eigenvalue weighted by atomic mass is 9.45. The van der Waals surface area contributed by atoms with Gasteiger partial charge in [-0.15, -0.1) is 0 Å². The van der Waals surface area contributed by atoms with E-state index in [0.29, 0.717) is 29.7 Å². The van der Waals surface area contributed by atoms with Crippen LogP contribution in [0.15, 0.2) is 23.3 Å². The van der Waals surface area contributed by atoms with Gasteiger partial charge in [0.2, 0.25) is 6.29 Å². The highest BCUT2D eigenvalue weighted by Gasteiger charge is 2.54. The molecule has 138 valence electrons. The summed E-state index contributed by atoms with van der Waals surface area (Å²) in [5.74, 6) is 0.908. The van der Waals surface area contributed by atoms with Gasteiger partial charge < -0.3 is 9.84 Å². The number of rotatable bonds is 4. The number of allylic oxidation sites excluding steroid dienone is 2. The molecule has 25 heavy (non-hydrogen) atoms. The Balaban J connectivity index is 1.87. The van der Waals surface area contributed by atoms with Crippen LogP contribution in [0.25, 0.3) is 0 Å². The third kappa shape index (κ3) is 2.99. The van der Waals surface area contributed by atoms with Crippen molar-refractivity contribution in [3.63, 3.8) is 0 Å². The third-order valence-electron chi connectivity index (χ3n) is 7.73. The van der Waals surface area contributed by atoms with Crippen molar-refractivity contribution in [2.45, 2.75) is 66.1 Å². The Morgan fingerprint density at radius 2 is 2.08 bits per heavy atom. The first-order valence-electron chi connectivity index (χ1n) is 9.45. The van der Waals surface area contributed by atoms with E-state index in [1.807, 2.05) is 0 Å². The molecule has 6 atom stereocenters. The van der Waals surface area contributed by atoms with Crippen molar-refractivity contribution in [2.75, 3.05) is 0 Å². The average Bonchev–Trinajstić information content (AvgIpc) is 2.89. The normalized spacial score (nSPS) is 43.8. The van der Waals surface area contributed by atoms with Crippen molar-refractivity contribution in [1.29, 1.82) is 0 Å². The monoisotopic (exact) mass is 346 g/mol. The number of ether oxygens (including phenoxy) is 1. The second kappa shape index (κ2) is 6.39. The summed E-state index contributed by atoms with van der Waals surface area (Å²) >= 11 is 0. The zero-order valence-corrected chi connectivity index (χ0v) is 15.7. The minimum atomic E-state index is -1.09. The predicted molar refractivity (Wildman–Crippen MR) is 95.4 cm³/mol. The van der Waals surface area contributed by atoms with Crippen LogP contribution in [-0.2, 0) is 14.3 Å². The molecule has 0 amide bonds. The van der Waals surface area contributed by atoms with Gasteiger partial charge in [-0.2, -0.15) is 0 Å². The number of aliphatic hydroxyl groups is 1. The van der Waals surface area contributed by atoms with Crippen molar-refractivity contribution in [3.05, 3.63) is 23.3 Å². The molecule has 4 heteroatoms. The molecule has 1 N–H and O–H groups in total. The zero-order chi connectivity index (χ0) is 18.4. The van der Waals surface area contributed by atoms with Crippen LogP contribution in [0.2, 0.25) is 0 Å². The maximum absolute atomic E-state index is 11.5. The highest BCUT2D eigenvalue weighted by atomic mass is 16.6. The average molecular weight is 346 g/mol. The molecule has 0 aromatic carbocycles. The maximum atomic E-state index is 11.5. The second-order valence-electron chi connectivity index (χ2n) is 8.86. The zero-order valence-electron chi connectivity index (χ0n) is 15.7. The largest absolute Gasteiger partial charge is 0.429 e. The van der Waals surface area contributed by atoms with Crippen LogP contribution in [0.5, 0.6) is 0 Å². The van der Waals surface area contributed by atoms with Crippen LogP contribution in [-0.4, -0.2) is 23.7 Å². The highest BCUT2D eigenvalue weighted by molar-refractivity contribution is 5.85. The molecular weight excluding hydrogens is 316 g/mol. The summed E-state index contributed by atoms with van der Waals surface area (Å²) in [6.45, 7) is 9.26. The molecule has 0 aromatic rings. The van der Waals surface area contributed by atoms with E-state index in [4.69, 9.17) is 4.74 Å². The number of hydrogen-bond donors (Lipinski definition) is 1. The van der Waals surface area contributed by atoms with Crippen LogP contribution in [0.3, 0.4) is 0 Å². The molecule has 2 aliphatic carbocycles. The van der Waals surface area contributed by atoms with E-state index in [0.717, 1.165) is 24.7 Å². The molecule has 0 aromatic heterocycles. The Bertz CT molecular complexity index is 634. The molecule has 1 heterocycles. The number of carbonyl (C=O) groups excluding carboxylic acids is 2. The first-order chi connectivity index (χ1) is 11.7.